The minimum atomic E-state index is -0.200. The van der Waals surface area contributed by atoms with Crippen molar-refractivity contribution in [2.75, 3.05) is 18.4 Å². The fraction of sp³-hybridized carbons (Fsp3) is 0.300. The summed E-state index contributed by atoms with van der Waals surface area (Å²) in [5.74, 6) is 0.331. The van der Waals surface area contributed by atoms with Gasteiger partial charge in [-0.3, -0.25) is 9.69 Å². The van der Waals surface area contributed by atoms with Crippen LogP contribution in [0.2, 0.25) is 0 Å². The Balaban J connectivity index is 1.23. The molecule has 0 radical (unpaired) electrons. The summed E-state index contributed by atoms with van der Waals surface area (Å²) in [5, 5.41) is 4.22. The number of hydrogen-bond donors (Lipinski definition) is 2. The van der Waals surface area contributed by atoms with Crippen LogP contribution in [0.3, 0.4) is 0 Å². The van der Waals surface area contributed by atoms with Gasteiger partial charge in [-0.05, 0) is 72.8 Å². The smallest absolute Gasteiger partial charge is 0.226 e. The number of nitrogens with one attached hydrogen (secondary N) is 2. The molecule has 2 N–H and O–H groups in total. The summed E-state index contributed by atoms with van der Waals surface area (Å²) < 4.78 is 14.2. The quantitative estimate of drug-likeness (QED) is 0.321. The summed E-state index contributed by atoms with van der Waals surface area (Å²) in [4.78, 5) is 18.0. The topological polar surface area (TPSA) is 48.1 Å². The van der Waals surface area contributed by atoms with Crippen LogP contribution in [0.4, 0.5) is 10.1 Å². The molecule has 1 aliphatic rings. The molecular formula is C30H32FN3O. The van der Waals surface area contributed by atoms with Gasteiger partial charge in [-0.1, -0.05) is 56.3 Å². The second kappa shape index (κ2) is 10.0. The molecule has 1 fully saturated rings. The van der Waals surface area contributed by atoms with Crippen LogP contribution in [0.25, 0.3) is 22.0 Å². The molecule has 0 aliphatic carbocycles. The lowest BCUT2D eigenvalue weighted by molar-refractivity contribution is -0.118. The molecule has 0 spiro atoms. The van der Waals surface area contributed by atoms with E-state index in [0.29, 0.717) is 11.5 Å². The van der Waals surface area contributed by atoms with Gasteiger partial charge in [-0.15, -0.1) is 0 Å². The Bertz CT molecular complexity index is 1330. The Kier molecular flexibility index (Phi) is 6.69. The zero-order valence-corrected chi connectivity index (χ0v) is 20.4. The molecule has 0 unspecified atom stereocenters. The van der Waals surface area contributed by atoms with Gasteiger partial charge in [0.1, 0.15) is 5.82 Å². The minimum absolute atomic E-state index is 0.0301. The maximum atomic E-state index is 14.2. The lowest BCUT2D eigenvalue weighted by Crippen LogP contribution is -2.32. The van der Waals surface area contributed by atoms with Crippen LogP contribution in [0.15, 0.2) is 72.9 Å². The van der Waals surface area contributed by atoms with Crippen molar-refractivity contribution in [1.82, 2.24) is 9.88 Å². The number of benzene rings is 3. The highest BCUT2D eigenvalue weighted by atomic mass is 19.1. The molecule has 180 valence electrons. The Hall–Kier alpha value is -3.44. The first-order chi connectivity index (χ1) is 17.0. The number of hydrogen-bond acceptors (Lipinski definition) is 2. The third-order valence-corrected chi connectivity index (χ3v) is 7.08. The summed E-state index contributed by atoms with van der Waals surface area (Å²) in [6.07, 6.45) is 4.28. The number of fused-ring (bicyclic) bond motifs is 1. The average Bonchev–Trinajstić information content (AvgIpc) is 3.26. The predicted molar refractivity (Wildman–Crippen MR) is 141 cm³/mol. The number of nitrogens with zero attached hydrogens (tertiary/aromatic N) is 1. The molecule has 0 bridgehead atoms. The van der Waals surface area contributed by atoms with Crippen molar-refractivity contribution in [2.24, 2.45) is 5.92 Å². The second-order valence-corrected chi connectivity index (χ2v) is 9.87. The van der Waals surface area contributed by atoms with E-state index in [1.54, 1.807) is 6.07 Å². The number of aromatic amines is 1. The first kappa shape index (κ1) is 23.3. The van der Waals surface area contributed by atoms with E-state index in [0.717, 1.165) is 49.2 Å². The maximum absolute atomic E-state index is 14.2. The van der Waals surface area contributed by atoms with Crippen molar-refractivity contribution in [2.45, 2.75) is 39.2 Å². The van der Waals surface area contributed by atoms with Crippen molar-refractivity contribution in [3.8, 4) is 11.1 Å². The molecule has 35 heavy (non-hydrogen) atoms. The van der Waals surface area contributed by atoms with Crippen molar-refractivity contribution >= 4 is 22.5 Å². The third kappa shape index (κ3) is 5.15. The normalized spacial score (nSPS) is 15.1. The minimum Gasteiger partial charge on any atom is -0.361 e. The van der Waals surface area contributed by atoms with Gasteiger partial charge in [0.2, 0.25) is 5.91 Å². The Morgan fingerprint density at radius 2 is 1.86 bits per heavy atom. The van der Waals surface area contributed by atoms with Crippen LogP contribution in [0.5, 0.6) is 0 Å². The Labute approximate surface area is 206 Å². The molecule has 4 aromatic rings. The summed E-state index contributed by atoms with van der Waals surface area (Å²) in [5.41, 5.74) is 6.01. The van der Waals surface area contributed by atoms with Gasteiger partial charge in [0, 0.05) is 40.8 Å². The van der Waals surface area contributed by atoms with Crippen molar-refractivity contribution in [3.63, 3.8) is 0 Å². The molecule has 1 saturated heterocycles. The molecule has 5 rings (SSSR count). The van der Waals surface area contributed by atoms with E-state index >= 15 is 0 Å². The number of anilines is 1. The highest BCUT2D eigenvalue weighted by Gasteiger charge is 2.22. The molecule has 1 amide bonds. The van der Waals surface area contributed by atoms with Crippen LogP contribution in [0.1, 0.15) is 43.7 Å². The van der Waals surface area contributed by atoms with E-state index < -0.39 is 0 Å². The standard InChI is InChI=1S/C30H32FN3O/c1-20(2)30(35)33-25-7-5-6-22(16-25)21-12-14-34(15-13-21)19-24-18-32-29-17-23(10-11-27(24)29)26-8-3-4-9-28(26)31/h3-11,16-18,20-21,32H,12-15,19H2,1-2H3,(H,33,35). The van der Waals surface area contributed by atoms with Crippen molar-refractivity contribution in [3.05, 3.63) is 89.9 Å². The number of amides is 1. The largest absolute Gasteiger partial charge is 0.361 e. The molecular weight excluding hydrogens is 437 g/mol. The number of aromatic nitrogens is 1. The van der Waals surface area contributed by atoms with Crippen LogP contribution >= 0.6 is 0 Å². The number of piperidine rings is 1. The van der Waals surface area contributed by atoms with Crippen LogP contribution in [-0.4, -0.2) is 28.9 Å². The second-order valence-electron chi connectivity index (χ2n) is 9.87. The van der Waals surface area contributed by atoms with E-state index in [1.165, 1.54) is 22.6 Å². The SMILES string of the molecule is CC(C)C(=O)Nc1cccc(C2CCN(Cc3c[nH]c4cc(-c5ccccc5F)ccc34)CC2)c1. The summed E-state index contributed by atoms with van der Waals surface area (Å²) in [7, 11) is 0. The number of carbonyl (C=O) groups is 1. The van der Waals surface area contributed by atoms with E-state index in [-0.39, 0.29) is 17.6 Å². The Morgan fingerprint density at radius 3 is 2.63 bits per heavy atom. The summed E-state index contributed by atoms with van der Waals surface area (Å²) in [6, 6.07) is 21.4. The fourth-order valence-corrected chi connectivity index (χ4v) is 5.00. The van der Waals surface area contributed by atoms with E-state index in [9.17, 15) is 9.18 Å². The number of rotatable bonds is 6. The van der Waals surface area contributed by atoms with Gasteiger partial charge >= 0.3 is 0 Å². The number of likely N-dealkylation sites (tertiary alicyclic amines) is 1. The van der Waals surface area contributed by atoms with Crippen molar-refractivity contribution in [1.29, 1.82) is 0 Å². The highest BCUT2D eigenvalue weighted by molar-refractivity contribution is 5.92. The lowest BCUT2D eigenvalue weighted by Gasteiger charge is -2.32. The number of halogens is 1. The van der Waals surface area contributed by atoms with Crippen LogP contribution in [-0.2, 0) is 11.3 Å². The summed E-state index contributed by atoms with van der Waals surface area (Å²) >= 11 is 0. The van der Waals surface area contributed by atoms with E-state index in [4.69, 9.17) is 0 Å². The van der Waals surface area contributed by atoms with Gasteiger partial charge < -0.3 is 10.3 Å². The zero-order chi connectivity index (χ0) is 24.4. The van der Waals surface area contributed by atoms with Crippen LogP contribution in [0, 0.1) is 11.7 Å². The van der Waals surface area contributed by atoms with Gasteiger partial charge in [0.15, 0.2) is 0 Å². The average molecular weight is 470 g/mol. The first-order valence-corrected chi connectivity index (χ1v) is 12.5. The number of H-pyrrole nitrogens is 1. The maximum Gasteiger partial charge on any atom is 0.226 e. The highest BCUT2D eigenvalue weighted by Crippen LogP contribution is 2.32. The van der Waals surface area contributed by atoms with Crippen LogP contribution < -0.4 is 5.32 Å². The predicted octanol–water partition coefficient (Wildman–Crippen LogP) is 6.95. The first-order valence-electron chi connectivity index (χ1n) is 12.5. The van der Waals surface area contributed by atoms with Gasteiger partial charge in [-0.25, -0.2) is 4.39 Å². The van der Waals surface area contributed by atoms with Gasteiger partial charge in [-0.2, -0.15) is 0 Å². The van der Waals surface area contributed by atoms with E-state index in [2.05, 4.69) is 39.6 Å². The molecule has 0 atom stereocenters. The Morgan fingerprint density at radius 1 is 1.06 bits per heavy atom. The molecule has 2 heterocycles. The lowest BCUT2D eigenvalue weighted by atomic mass is 9.89. The van der Waals surface area contributed by atoms with E-state index in [1.807, 2.05) is 50.2 Å². The molecule has 1 aliphatic heterocycles. The van der Waals surface area contributed by atoms with Crippen molar-refractivity contribution < 1.29 is 9.18 Å². The third-order valence-electron chi connectivity index (χ3n) is 7.08. The van der Waals surface area contributed by atoms with Gasteiger partial charge in [0.05, 0.1) is 0 Å². The zero-order valence-electron chi connectivity index (χ0n) is 20.4. The fourth-order valence-electron chi connectivity index (χ4n) is 5.00. The molecule has 1 aromatic heterocycles. The summed E-state index contributed by atoms with van der Waals surface area (Å²) in [6.45, 7) is 6.78. The molecule has 5 heteroatoms. The molecule has 4 nitrogen and oxygen atoms in total. The molecule has 0 saturated carbocycles. The monoisotopic (exact) mass is 469 g/mol. The molecule has 3 aromatic carbocycles. The number of carbonyl (C=O) groups excluding carboxylic acids is 1. The van der Waals surface area contributed by atoms with Gasteiger partial charge in [0.25, 0.3) is 0 Å².